The van der Waals surface area contributed by atoms with Crippen molar-refractivity contribution in [3.8, 4) is 5.75 Å². The molecule has 0 spiro atoms. The molecular weight excluding hydrogens is 429 g/mol. The molecule has 25 heavy (non-hydrogen) atoms. The number of pyridine rings is 2. The van der Waals surface area contributed by atoms with E-state index >= 15 is 0 Å². The minimum absolute atomic E-state index is 0.0399. The van der Waals surface area contributed by atoms with Crippen molar-refractivity contribution >= 4 is 44.5 Å². The van der Waals surface area contributed by atoms with Gasteiger partial charge in [0.25, 0.3) is 5.56 Å². The van der Waals surface area contributed by atoms with Crippen molar-refractivity contribution in [3.05, 3.63) is 67.8 Å². The first-order chi connectivity index (χ1) is 12.1. The Hall–Kier alpha value is -2.35. The molecule has 4 rings (SSSR count). The highest BCUT2D eigenvalue weighted by Crippen LogP contribution is 2.27. The molecule has 1 aromatic carbocycles. The average molecular weight is 445 g/mol. The quantitative estimate of drug-likeness (QED) is 0.488. The lowest BCUT2D eigenvalue weighted by Crippen LogP contribution is -2.21. The SMILES string of the molecule is COc1ccc(Cn2cc(I)c3c([nH]c4ncc(C)cc43)c2=O)cc1. The minimum atomic E-state index is -0.0399. The van der Waals surface area contributed by atoms with Crippen LogP contribution in [0.5, 0.6) is 5.75 Å². The second-order valence-electron chi connectivity index (χ2n) is 6.04. The van der Waals surface area contributed by atoms with Crippen molar-refractivity contribution in [1.29, 1.82) is 0 Å². The van der Waals surface area contributed by atoms with E-state index in [9.17, 15) is 4.79 Å². The number of nitrogens with one attached hydrogen (secondary N) is 1. The minimum Gasteiger partial charge on any atom is -0.497 e. The molecule has 0 unspecified atom stereocenters. The van der Waals surface area contributed by atoms with E-state index in [4.69, 9.17) is 4.74 Å². The molecule has 0 aliphatic heterocycles. The molecule has 0 saturated heterocycles. The number of fused-ring (bicyclic) bond motifs is 3. The number of ether oxygens (including phenoxy) is 1. The molecule has 3 heterocycles. The number of aryl methyl sites for hydroxylation is 1. The normalized spacial score (nSPS) is 11.3. The first-order valence-corrected chi connectivity index (χ1v) is 8.94. The zero-order valence-corrected chi connectivity index (χ0v) is 16.0. The van der Waals surface area contributed by atoms with Gasteiger partial charge in [-0.2, -0.15) is 0 Å². The number of benzene rings is 1. The van der Waals surface area contributed by atoms with Gasteiger partial charge in [0.1, 0.15) is 16.9 Å². The number of aromatic amines is 1. The van der Waals surface area contributed by atoms with Gasteiger partial charge in [-0.25, -0.2) is 4.98 Å². The highest BCUT2D eigenvalue weighted by atomic mass is 127. The van der Waals surface area contributed by atoms with Crippen LogP contribution in [-0.4, -0.2) is 21.6 Å². The van der Waals surface area contributed by atoms with Crippen molar-refractivity contribution < 1.29 is 4.74 Å². The Balaban J connectivity index is 1.86. The summed E-state index contributed by atoms with van der Waals surface area (Å²) in [5.74, 6) is 0.804. The van der Waals surface area contributed by atoms with Crippen LogP contribution in [0.15, 0.2) is 47.5 Å². The maximum Gasteiger partial charge on any atom is 0.275 e. The molecule has 0 atom stereocenters. The number of rotatable bonds is 3. The van der Waals surface area contributed by atoms with E-state index in [1.54, 1.807) is 17.9 Å². The summed E-state index contributed by atoms with van der Waals surface area (Å²) in [4.78, 5) is 20.5. The fraction of sp³-hybridized carbons (Fsp3) is 0.158. The highest BCUT2D eigenvalue weighted by Gasteiger charge is 2.14. The van der Waals surface area contributed by atoms with Crippen molar-refractivity contribution in [2.45, 2.75) is 13.5 Å². The Bertz CT molecular complexity index is 1140. The Morgan fingerprint density at radius 2 is 2.04 bits per heavy atom. The summed E-state index contributed by atoms with van der Waals surface area (Å²) in [5, 5.41) is 1.94. The van der Waals surface area contributed by atoms with Gasteiger partial charge in [0.15, 0.2) is 0 Å². The molecule has 0 amide bonds. The average Bonchev–Trinajstić information content (AvgIpc) is 2.99. The molecular formula is C19H16IN3O2. The van der Waals surface area contributed by atoms with Crippen molar-refractivity contribution in [2.75, 3.05) is 7.11 Å². The zero-order chi connectivity index (χ0) is 17.6. The predicted octanol–water partition coefficient (Wildman–Crippen LogP) is 3.85. The van der Waals surface area contributed by atoms with E-state index in [-0.39, 0.29) is 5.56 Å². The monoisotopic (exact) mass is 445 g/mol. The fourth-order valence-corrected chi connectivity index (χ4v) is 3.93. The third-order valence-corrected chi connectivity index (χ3v) is 5.10. The molecule has 1 N–H and O–H groups in total. The van der Waals surface area contributed by atoms with Crippen LogP contribution < -0.4 is 10.3 Å². The van der Waals surface area contributed by atoms with E-state index in [2.05, 4.69) is 38.6 Å². The van der Waals surface area contributed by atoms with Gasteiger partial charge in [-0.05, 0) is 58.8 Å². The van der Waals surface area contributed by atoms with Gasteiger partial charge in [-0.3, -0.25) is 4.79 Å². The van der Waals surface area contributed by atoms with E-state index < -0.39 is 0 Å². The second-order valence-corrected chi connectivity index (χ2v) is 7.20. The maximum absolute atomic E-state index is 12.9. The van der Waals surface area contributed by atoms with E-state index in [1.807, 2.05) is 37.4 Å². The number of nitrogens with zero attached hydrogens (tertiary/aromatic N) is 2. The first kappa shape index (κ1) is 16.1. The number of hydrogen-bond donors (Lipinski definition) is 1. The molecule has 4 aromatic rings. The Morgan fingerprint density at radius 1 is 1.28 bits per heavy atom. The van der Waals surface area contributed by atoms with Crippen LogP contribution in [0.4, 0.5) is 0 Å². The number of aromatic nitrogens is 3. The summed E-state index contributed by atoms with van der Waals surface area (Å²) in [5.41, 5.74) is 3.43. The largest absolute Gasteiger partial charge is 0.497 e. The summed E-state index contributed by atoms with van der Waals surface area (Å²) < 4.78 is 7.94. The third-order valence-electron chi connectivity index (χ3n) is 4.28. The van der Waals surface area contributed by atoms with Gasteiger partial charge >= 0.3 is 0 Å². The molecule has 0 aliphatic carbocycles. The van der Waals surface area contributed by atoms with Crippen LogP contribution in [-0.2, 0) is 6.54 Å². The lowest BCUT2D eigenvalue weighted by Gasteiger charge is -2.08. The molecule has 6 heteroatoms. The standard InChI is InChI=1S/C19H16IN3O2/c1-11-7-14-16-15(20)10-23(9-12-3-5-13(25-2)6-4-12)19(24)17(16)22-18(14)21-8-11/h3-8,10H,9H2,1-2H3,(H,21,22). The molecule has 0 fully saturated rings. The number of H-pyrrole nitrogens is 1. The zero-order valence-electron chi connectivity index (χ0n) is 13.8. The smallest absolute Gasteiger partial charge is 0.275 e. The second kappa shape index (κ2) is 6.18. The van der Waals surface area contributed by atoms with Gasteiger partial charge in [-0.1, -0.05) is 12.1 Å². The summed E-state index contributed by atoms with van der Waals surface area (Å²) >= 11 is 2.28. The predicted molar refractivity (Wildman–Crippen MR) is 107 cm³/mol. The van der Waals surface area contributed by atoms with Crippen molar-refractivity contribution in [3.63, 3.8) is 0 Å². The number of methoxy groups -OCH3 is 1. The molecule has 126 valence electrons. The Kier molecular flexibility index (Phi) is 3.99. The summed E-state index contributed by atoms with van der Waals surface area (Å²) in [6.45, 7) is 2.51. The summed E-state index contributed by atoms with van der Waals surface area (Å²) in [7, 11) is 1.64. The van der Waals surface area contributed by atoms with Gasteiger partial charge in [0, 0.05) is 26.7 Å². The van der Waals surface area contributed by atoms with Crippen LogP contribution in [0, 0.1) is 10.5 Å². The number of halogens is 1. The summed E-state index contributed by atoms with van der Waals surface area (Å²) in [6, 6.07) is 9.81. The fourth-order valence-electron chi connectivity index (χ4n) is 3.03. The van der Waals surface area contributed by atoms with Crippen molar-refractivity contribution in [1.82, 2.24) is 14.5 Å². The Labute approximate surface area is 157 Å². The number of hydrogen-bond acceptors (Lipinski definition) is 3. The third kappa shape index (κ3) is 2.80. The van der Waals surface area contributed by atoms with Crippen LogP contribution in [0.2, 0.25) is 0 Å². The molecule has 0 radical (unpaired) electrons. The maximum atomic E-state index is 12.9. The molecule has 0 aliphatic rings. The van der Waals surface area contributed by atoms with Crippen LogP contribution in [0.25, 0.3) is 21.9 Å². The molecule has 5 nitrogen and oxygen atoms in total. The topological polar surface area (TPSA) is 59.9 Å². The van der Waals surface area contributed by atoms with E-state index in [0.717, 1.165) is 36.9 Å². The molecule has 0 bridgehead atoms. The highest BCUT2D eigenvalue weighted by molar-refractivity contribution is 14.1. The van der Waals surface area contributed by atoms with Gasteiger partial charge in [0.2, 0.25) is 0 Å². The Morgan fingerprint density at radius 3 is 2.76 bits per heavy atom. The lowest BCUT2D eigenvalue weighted by molar-refractivity contribution is 0.414. The van der Waals surface area contributed by atoms with Crippen molar-refractivity contribution in [2.24, 2.45) is 0 Å². The van der Waals surface area contributed by atoms with Crippen LogP contribution >= 0.6 is 22.6 Å². The van der Waals surface area contributed by atoms with Gasteiger partial charge in [-0.15, -0.1) is 0 Å². The van der Waals surface area contributed by atoms with Crippen LogP contribution in [0.1, 0.15) is 11.1 Å². The van der Waals surface area contributed by atoms with E-state index in [0.29, 0.717) is 12.1 Å². The van der Waals surface area contributed by atoms with E-state index in [1.165, 1.54) is 0 Å². The van der Waals surface area contributed by atoms with Gasteiger partial charge in [0.05, 0.1) is 13.7 Å². The lowest BCUT2D eigenvalue weighted by atomic mass is 10.2. The molecule has 0 saturated carbocycles. The van der Waals surface area contributed by atoms with Gasteiger partial charge < -0.3 is 14.3 Å². The molecule has 3 aromatic heterocycles. The first-order valence-electron chi connectivity index (χ1n) is 7.86. The summed E-state index contributed by atoms with van der Waals surface area (Å²) in [6.07, 6.45) is 3.71. The van der Waals surface area contributed by atoms with Crippen LogP contribution in [0.3, 0.4) is 0 Å².